The van der Waals surface area contributed by atoms with Crippen molar-refractivity contribution in [2.24, 2.45) is 5.92 Å². The van der Waals surface area contributed by atoms with Crippen molar-refractivity contribution in [3.05, 3.63) is 47.8 Å². The lowest BCUT2D eigenvalue weighted by atomic mass is 10.00. The van der Waals surface area contributed by atoms with E-state index in [1.807, 2.05) is 24.3 Å². The van der Waals surface area contributed by atoms with E-state index in [4.69, 9.17) is 9.47 Å². The van der Waals surface area contributed by atoms with Crippen molar-refractivity contribution in [3.63, 3.8) is 0 Å². The second-order valence-electron chi connectivity index (χ2n) is 6.07. The van der Waals surface area contributed by atoms with Gasteiger partial charge >= 0.3 is 5.97 Å². The fraction of sp³-hybridized carbons (Fsp3) is 0.350. The van der Waals surface area contributed by atoms with Gasteiger partial charge in [-0.25, -0.2) is 4.79 Å². The molecular weight excluding hydrogens is 380 g/mol. The average molecular weight is 404 g/mol. The Kier molecular flexibility index (Phi) is 8.13. The molecule has 1 aromatic carbocycles. The standard InChI is InChI=1S/C20H24N2O5S/c1-4-27-20(25)18-10-16(11-21-18)22-19(24)15(12-28-13(2)23)8-14-6-5-7-17(9-14)26-3/h5-7,9-11,15,21H,4,8,12H2,1-3H3,(H,22,24). The van der Waals surface area contributed by atoms with E-state index in [9.17, 15) is 14.4 Å². The normalized spacial score (nSPS) is 11.5. The molecule has 0 aliphatic carbocycles. The van der Waals surface area contributed by atoms with Crippen LogP contribution in [0.1, 0.15) is 29.9 Å². The summed E-state index contributed by atoms with van der Waals surface area (Å²) in [6, 6.07) is 9.00. The van der Waals surface area contributed by atoms with Gasteiger partial charge in [-0.2, -0.15) is 0 Å². The first-order chi connectivity index (χ1) is 13.4. The number of anilines is 1. The van der Waals surface area contributed by atoms with Gasteiger partial charge in [-0.1, -0.05) is 23.9 Å². The van der Waals surface area contributed by atoms with Crippen molar-refractivity contribution in [3.8, 4) is 5.75 Å². The number of rotatable bonds is 9. The number of aromatic nitrogens is 1. The monoisotopic (exact) mass is 404 g/mol. The molecule has 1 aromatic heterocycles. The molecule has 2 rings (SSSR count). The largest absolute Gasteiger partial charge is 0.497 e. The highest BCUT2D eigenvalue weighted by Crippen LogP contribution is 2.21. The Morgan fingerprint density at radius 1 is 1.25 bits per heavy atom. The number of carbonyl (C=O) groups is 3. The Labute approximate surface area is 168 Å². The van der Waals surface area contributed by atoms with Crippen LogP contribution in [-0.2, 0) is 20.7 Å². The van der Waals surface area contributed by atoms with Crippen LogP contribution in [0.5, 0.6) is 5.75 Å². The topological polar surface area (TPSA) is 97.5 Å². The summed E-state index contributed by atoms with van der Waals surface area (Å²) in [6.45, 7) is 3.47. The summed E-state index contributed by atoms with van der Waals surface area (Å²) in [4.78, 5) is 38.7. The first-order valence-corrected chi connectivity index (χ1v) is 9.84. The van der Waals surface area contributed by atoms with Gasteiger partial charge in [-0.05, 0) is 37.1 Å². The molecule has 150 valence electrons. The number of carbonyl (C=O) groups excluding carboxylic acids is 3. The van der Waals surface area contributed by atoms with Crippen LogP contribution in [0.3, 0.4) is 0 Å². The second-order valence-corrected chi connectivity index (χ2v) is 7.26. The summed E-state index contributed by atoms with van der Waals surface area (Å²) < 4.78 is 10.2. The van der Waals surface area contributed by atoms with Gasteiger partial charge in [0, 0.05) is 18.9 Å². The van der Waals surface area contributed by atoms with Gasteiger partial charge in [-0.3, -0.25) is 9.59 Å². The van der Waals surface area contributed by atoms with E-state index in [1.54, 1.807) is 14.0 Å². The maximum absolute atomic E-state index is 12.8. The molecule has 1 amide bonds. The Bertz CT molecular complexity index is 834. The average Bonchev–Trinajstić information content (AvgIpc) is 3.13. The molecule has 0 saturated carbocycles. The summed E-state index contributed by atoms with van der Waals surface area (Å²) in [7, 11) is 1.59. The molecule has 0 bridgehead atoms. The molecule has 0 radical (unpaired) electrons. The first-order valence-electron chi connectivity index (χ1n) is 8.85. The van der Waals surface area contributed by atoms with E-state index in [0.29, 0.717) is 23.6 Å². The van der Waals surface area contributed by atoms with Crippen molar-refractivity contribution in [1.29, 1.82) is 0 Å². The third kappa shape index (κ3) is 6.45. The Morgan fingerprint density at radius 2 is 2.04 bits per heavy atom. The van der Waals surface area contributed by atoms with Gasteiger partial charge in [0.1, 0.15) is 11.4 Å². The van der Waals surface area contributed by atoms with Crippen LogP contribution in [0.2, 0.25) is 0 Å². The number of benzene rings is 1. The number of nitrogens with one attached hydrogen (secondary N) is 2. The zero-order valence-electron chi connectivity index (χ0n) is 16.1. The fourth-order valence-electron chi connectivity index (χ4n) is 2.57. The van der Waals surface area contributed by atoms with Crippen molar-refractivity contribution in [2.45, 2.75) is 20.3 Å². The van der Waals surface area contributed by atoms with Crippen LogP contribution < -0.4 is 10.1 Å². The lowest BCUT2D eigenvalue weighted by Crippen LogP contribution is -2.27. The van der Waals surface area contributed by atoms with E-state index >= 15 is 0 Å². The minimum atomic E-state index is -0.483. The molecule has 28 heavy (non-hydrogen) atoms. The van der Waals surface area contributed by atoms with Crippen molar-refractivity contribution in [1.82, 2.24) is 4.98 Å². The molecule has 0 saturated heterocycles. The van der Waals surface area contributed by atoms with Crippen LogP contribution in [-0.4, -0.2) is 41.4 Å². The summed E-state index contributed by atoms with van der Waals surface area (Å²) in [5.41, 5.74) is 1.67. The zero-order chi connectivity index (χ0) is 20.5. The predicted molar refractivity (Wildman–Crippen MR) is 109 cm³/mol. The van der Waals surface area contributed by atoms with E-state index < -0.39 is 11.9 Å². The number of ether oxygens (including phenoxy) is 2. The molecule has 7 nitrogen and oxygen atoms in total. The highest BCUT2D eigenvalue weighted by atomic mass is 32.2. The summed E-state index contributed by atoms with van der Waals surface area (Å²) in [5, 5.41) is 2.75. The highest BCUT2D eigenvalue weighted by Gasteiger charge is 2.21. The van der Waals surface area contributed by atoms with Gasteiger partial charge in [0.2, 0.25) is 5.91 Å². The lowest BCUT2D eigenvalue weighted by Gasteiger charge is -2.16. The molecule has 1 atom stereocenters. The molecule has 0 spiro atoms. The third-order valence-corrected chi connectivity index (χ3v) is 4.90. The molecule has 1 heterocycles. The minimum Gasteiger partial charge on any atom is -0.497 e. The van der Waals surface area contributed by atoms with Crippen LogP contribution in [0.25, 0.3) is 0 Å². The quantitative estimate of drug-likeness (QED) is 0.623. The molecule has 0 aliphatic heterocycles. The molecular formula is C20H24N2O5S. The predicted octanol–water partition coefficient (Wildman–Crippen LogP) is 3.28. The van der Waals surface area contributed by atoms with Crippen molar-refractivity contribution in [2.75, 3.05) is 24.8 Å². The fourth-order valence-corrected chi connectivity index (χ4v) is 3.27. The van der Waals surface area contributed by atoms with Crippen molar-refractivity contribution >= 4 is 34.4 Å². The number of hydrogen-bond donors (Lipinski definition) is 2. The van der Waals surface area contributed by atoms with Crippen LogP contribution in [0.15, 0.2) is 36.5 Å². The van der Waals surface area contributed by atoms with Gasteiger partial charge in [0.25, 0.3) is 0 Å². The summed E-state index contributed by atoms with van der Waals surface area (Å²) in [5.74, 6) is -0.0790. The summed E-state index contributed by atoms with van der Waals surface area (Å²) in [6.07, 6.45) is 1.99. The number of aromatic amines is 1. The van der Waals surface area contributed by atoms with Crippen LogP contribution in [0, 0.1) is 5.92 Å². The molecule has 8 heteroatoms. The number of hydrogen-bond acceptors (Lipinski definition) is 6. The maximum atomic E-state index is 12.8. The summed E-state index contributed by atoms with van der Waals surface area (Å²) >= 11 is 1.11. The number of H-pyrrole nitrogens is 1. The van der Waals surface area contributed by atoms with Gasteiger partial charge < -0.3 is 19.8 Å². The molecule has 0 aliphatic rings. The minimum absolute atomic E-state index is 0.0466. The van der Waals surface area contributed by atoms with E-state index in [2.05, 4.69) is 10.3 Å². The lowest BCUT2D eigenvalue weighted by molar-refractivity contribution is -0.119. The zero-order valence-corrected chi connectivity index (χ0v) is 16.9. The number of amides is 1. The van der Waals surface area contributed by atoms with Crippen LogP contribution in [0.4, 0.5) is 5.69 Å². The smallest absolute Gasteiger partial charge is 0.354 e. The Morgan fingerprint density at radius 3 is 2.71 bits per heavy atom. The third-order valence-electron chi connectivity index (χ3n) is 3.92. The van der Waals surface area contributed by atoms with E-state index in [-0.39, 0.29) is 23.3 Å². The molecule has 0 fully saturated rings. The van der Waals surface area contributed by atoms with Gasteiger partial charge in [0.05, 0.1) is 25.3 Å². The number of methoxy groups -OCH3 is 1. The Hall–Kier alpha value is -2.74. The second kappa shape index (κ2) is 10.6. The maximum Gasteiger partial charge on any atom is 0.354 e. The molecule has 2 N–H and O–H groups in total. The van der Waals surface area contributed by atoms with Gasteiger partial charge in [-0.15, -0.1) is 0 Å². The van der Waals surface area contributed by atoms with E-state index in [1.165, 1.54) is 19.2 Å². The Balaban J connectivity index is 2.10. The van der Waals surface area contributed by atoms with Gasteiger partial charge in [0.15, 0.2) is 5.12 Å². The van der Waals surface area contributed by atoms with E-state index in [0.717, 1.165) is 17.3 Å². The number of esters is 1. The first kappa shape index (κ1) is 21.6. The number of thioether (sulfide) groups is 1. The highest BCUT2D eigenvalue weighted by molar-refractivity contribution is 8.13. The van der Waals surface area contributed by atoms with Crippen LogP contribution >= 0.6 is 11.8 Å². The van der Waals surface area contributed by atoms with Crippen molar-refractivity contribution < 1.29 is 23.9 Å². The molecule has 1 unspecified atom stereocenters. The molecule has 2 aromatic rings. The SMILES string of the molecule is CCOC(=O)c1cc(NC(=O)C(CSC(C)=O)Cc2cccc(OC)c2)c[nH]1.